The number of carbonyl (C=O) groups excluding carboxylic acids is 4. The summed E-state index contributed by atoms with van der Waals surface area (Å²) in [6.07, 6.45) is -4.19. The van der Waals surface area contributed by atoms with E-state index in [2.05, 4.69) is 19.6 Å². The van der Waals surface area contributed by atoms with Gasteiger partial charge in [-0.15, -0.1) is 4.62 Å². The van der Waals surface area contributed by atoms with E-state index in [0.717, 1.165) is 18.7 Å². The summed E-state index contributed by atoms with van der Waals surface area (Å²) in [5.74, 6) is -2.18. The normalized spacial score (nSPS) is 23.1. The van der Waals surface area contributed by atoms with E-state index in [4.69, 9.17) is 23.6 Å². The maximum Gasteiger partial charge on any atom is 0.571 e. The molecule has 225 valence electrons. The smallest absolute Gasteiger partial charge is 0.456 e. The lowest BCUT2D eigenvalue weighted by Gasteiger charge is -2.35. The monoisotopic (exact) mass is 597 g/mol. The van der Waals surface area contributed by atoms with E-state index in [-0.39, 0.29) is 11.3 Å². The summed E-state index contributed by atoms with van der Waals surface area (Å²) >= 11 is 0. The molecule has 1 unspecified atom stereocenters. The highest BCUT2D eigenvalue weighted by Gasteiger charge is 2.59. The van der Waals surface area contributed by atoms with E-state index in [1.807, 2.05) is 20.8 Å². The Hall–Kier alpha value is -1.99. The van der Waals surface area contributed by atoms with Crippen LogP contribution >= 0.6 is 7.60 Å². The SMILES string of the molecule is CC[N+](CC)(CC)OP(=O)(O)C[C@H]1[C@@H](OC(C)=O)[C@H](OC(C)=O)[C@@H](COC(C)=[O+])N1C(=O)OCC[Si](C)(C)C. The quantitative estimate of drug-likeness (QED) is 0.0597. The van der Waals surface area contributed by atoms with Crippen molar-refractivity contribution < 1.29 is 56.9 Å². The highest BCUT2D eigenvalue weighted by Crippen LogP contribution is 2.49. The first-order chi connectivity index (χ1) is 17.9. The van der Waals surface area contributed by atoms with Gasteiger partial charge >= 0.3 is 31.6 Å². The van der Waals surface area contributed by atoms with Crippen molar-refractivity contribution in [2.75, 3.05) is 39.0 Å². The molecule has 0 aromatic carbocycles. The first-order valence-electron chi connectivity index (χ1n) is 13.2. The van der Waals surface area contributed by atoms with Crippen molar-refractivity contribution in [3.05, 3.63) is 0 Å². The molecule has 13 nitrogen and oxygen atoms in total. The van der Waals surface area contributed by atoms with Crippen molar-refractivity contribution in [3.8, 4) is 0 Å². The molecule has 0 aromatic heterocycles. The Morgan fingerprint density at radius 2 is 1.41 bits per heavy atom. The average molecular weight is 598 g/mol. The van der Waals surface area contributed by atoms with E-state index in [9.17, 15) is 28.6 Å². The second kappa shape index (κ2) is 14.6. The number of hydroxylamine groups is 3. The van der Waals surface area contributed by atoms with Gasteiger partial charge in [0.15, 0.2) is 12.2 Å². The van der Waals surface area contributed by atoms with Gasteiger partial charge in [0, 0.05) is 26.7 Å². The van der Waals surface area contributed by atoms with Crippen LogP contribution in [0.2, 0.25) is 25.7 Å². The Kier molecular flexibility index (Phi) is 13.1. The van der Waals surface area contributed by atoms with Gasteiger partial charge in [0.1, 0.15) is 25.7 Å². The largest absolute Gasteiger partial charge is 0.571 e. The molecule has 1 amide bonds. The first kappa shape index (κ1) is 35.0. The second-order valence-corrected chi connectivity index (χ2v) is 18.3. The molecule has 0 saturated carbocycles. The topological polar surface area (TPSA) is 158 Å². The number of amides is 1. The highest BCUT2D eigenvalue weighted by atomic mass is 31.2. The number of rotatable bonds is 14. The molecule has 1 fully saturated rings. The van der Waals surface area contributed by atoms with Crippen molar-refractivity contribution in [2.45, 2.75) is 91.5 Å². The van der Waals surface area contributed by atoms with E-state index in [0.29, 0.717) is 25.7 Å². The maximum atomic E-state index is 13.5. The lowest BCUT2D eigenvalue weighted by atomic mass is 10.1. The Morgan fingerprint density at radius 1 is 0.923 bits per heavy atom. The third kappa shape index (κ3) is 10.8. The lowest BCUT2D eigenvalue weighted by Crippen LogP contribution is -2.50. The number of nitrogens with zero attached hydrogens (tertiary/aromatic N) is 2. The minimum Gasteiger partial charge on any atom is -0.456 e. The summed E-state index contributed by atoms with van der Waals surface area (Å²) < 4.78 is 40.8. The third-order valence-corrected chi connectivity index (χ3v) is 9.74. The molecule has 1 saturated heterocycles. The van der Waals surface area contributed by atoms with Crippen molar-refractivity contribution in [1.29, 1.82) is 0 Å². The van der Waals surface area contributed by atoms with Crippen LogP contribution < -0.4 is 0 Å². The van der Waals surface area contributed by atoms with Gasteiger partial charge in [0.2, 0.25) is 6.61 Å². The summed E-state index contributed by atoms with van der Waals surface area (Å²) in [6, 6.07) is -1.80. The first-order valence-corrected chi connectivity index (χ1v) is 18.7. The molecule has 5 atom stereocenters. The van der Waals surface area contributed by atoms with Gasteiger partial charge in [-0.05, 0) is 26.8 Å². The van der Waals surface area contributed by atoms with Crippen LogP contribution in [0.5, 0.6) is 0 Å². The zero-order valence-corrected chi connectivity index (χ0v) is 26.5. The van der Waals surface area contributed by atoms with Gasteiger partial charge in [-0.25, -0.2) is 4.79 Å². The van der Waals surface area contributed by atoms with Gasteiger partial charge < -0.3 is 23.8 Å². The van der Waals surface area contributed by atoms with Crippen LogP contribution in [-0.2, 0) is 42.5 Å². The summed E-state index contributed by atoms with van der Waals surface area (Å²) in [5.41, 5.74) is 0. The summed E-state index contributed by atoms with van der Waals surface area (Å²) in [4.78, 5) is 61.4. The minimum absolute atomic E-state index is 0.0866. The molecule has 0 bridgehead atoms. The minimum atomic E-state index is -4.46. The van der Waals surface area contributed by atoms with Crippen LogP contribution in [0.4, 0.5) is 4.79 Å². The van der Waals surface area contributed by atoms with Crippen LogP contribution in [0.15, 0.2) is 0 Å². The predicted molar refractivity (Wildman–Crippen MR) is 144 cm³/mol. The van der Waals surface area contributed by atoms with E-state index < -0.39 is 76.7 Å². The number of hydrogen-bond acceptors (Lipinski definition) is 10. The number of hydrogen-bond donors (Lipinski definition) is 1. The Balaban J connectivity index is 3.59. The van der Waals surface area contributed by atoms with Gasteiger partial charge in [-0.1, -0.05) is 19.6 Å². The molecule has 15 heteroatoms. The molecule has 1 aliphatic heterocycles. The Morgan fingerprint density at radius 3 is 1.82 bits per heavy atom. The fourth-order valence-electron chi connectivity index (χ4n) is 4.42. The van der Waals surface area contributed by atoms with Gasteiger partial charge in [-0.2, -0.15) is 4.65 Å². The Bertz CT molecular complexity index is 914. The van der Waals surface area contributed by atoms with E-state index >= 15 is 0 Å². The van der Waals surface area contributed by atoms with E-state index in [1.54, 1.807) is 0 Å². The number of quaternary nitrogens is 1. The van der Waals surface area contributed by atoms with Crippen LogP contribution in [0.1, 0.15) is 41.5 Å². The van der Waals surface area contributed by atoms with E-state index in [1.165, 1.54) is 6.92 Å². The summed E-state index contributed by atoms with van der Waals surface area (Å²) in [6.45, 7) is 16.1. The molecule has 1 rings (SSSR count). The van der Waals surface area contributed by atoms with Crippen molar-refractivity contribution in [2.24, 2.45) is 0 Å². The zero-order chi connectivity index (χ0) is 30.2. The highest BCUT2D eigenvalue weighted by molar-refractivity contribution is 7.52. The summed E-state index contributed by atoms with van der Waals surface area (Å²) in [5, 5.41) is 0. The average Bonchev–Trinajstić information content (AvgIpc) is 3.05. The van der Waals surface area contributed by atoms with Gasteiger partial charge in [0.05, 0.1) is 25.7 Å². The number of ether oxygens (including phenoxy) is 4. The lowest BCUT2D eigenvalue weighted by molar-refractivity contribution is -1.08. The fraction of sp³-hybridized carbons (Fsp3) is 0.833. The zero-order valence-electron chi connectivity index (χ0n) is 24.6. The molecular weight excluding hydrogens is 551 g/mol. The third-order valence-electron chi connectivity index (χ3n) is 6.59. The molecular formula is C24H46N2O11PSi+2. The second-order valence-electron chi connectivity index (χ2n) is 10.8. The molecule has 39 heavy (non-hydrogen) atoms. The van der Waals surface area contributed by atoms with Crippen LogP contribution in [0.25, 0.3) is 0 Å². The van der Waals surface area contributed by atoms with Crippen LogP contribution in [0, 0.1) is 0 Å². The molecule has 1 heterocycles. The van der Waals surface area contributed by atoms with Crippen molar-refractivity contribution >= 4 is 39.7 Å². The maximum absolute atomic E-state index is 13.5. The number of likely N-dealkylation sites (tertiary alicyclic amines) is 1. The Labute approximate surface area is 232 Å². The van der Waals surface area contributed by atoms with Crippen molar-refractivity contribution in [1.82, 2.24) is 4.90 Å². The predicted octanol–water partition coefficient (Wildman–Crippen LogP) is 2.93. The molecule has 0 spiro atoms. The molecule has 0 aliphatic carbocycles. The fourth-order valence-corrected chi connectivity index (χ4v) is 6.94. The molecule has 0 aromatic rings. The van der Waals surface area contributed by atoms with Gasteiger partial charge in [-0.3, -0.25) is 19.1 Å². The van der Waals surface area contributed by atoms with Crippen molar-refractivity contribution in [3.63, 3.8) is 0 Å². The number of esters is 3. The summed E-state index contributed by atoms with van der Waals surface area (Å²) in [7, 11) is -6.04. The number of carbonyl (C=O) groups is 4. The van der Waals surface area contributed by atoms with Crippen LogP contribution in [-0.4, -0.2) is 110 Å². The molecule has 1 aliphatic rings. The van der Waals surface area contributed by atoms with Crippen LogP contribution in [0.3, 0.4) is 0 Å². The molecule has 1 N–H and O–H groups in total. The standard InChI is InChI=1S/C24H45N2O11PSi/c1-10-26(11-2,12-3)37-38(31,32)16-21-23(36-19(6)29)22(35-18(5)28)20(15-34-17(4)27)25(21)24(30)33-13-14-39(7,8)9/h20-23H,10-16H2,1-9H3/q+1/p+1/t20-,21+,22-,23-/m1/s1. The molecule has 1 radical (unpaired) electrons. The van der Waals surface area contributed by atoms with Gasteiger partial charge in [0.25, 0.3) is 0 Å².